The van der Waals surface area contributed by atoms with Crippen molar-refractivity contribution in [2.75, 3.05) is 11.9 Å². The zero-order valence-corrected chi connectivity index (χ0v) is 15.3. The minimum atomic E-state index is -1.09. The Morgan fingerprint density at radius 2 is 1.73 bits per heavy atom. The van der Waals surface area contributed by atoms with Gasteiger partial charge in [0.15, 0.2) is 0 Å². The maximum absolute atomic E-state index is 12.4. The predicted octanol–water partition coefficient (Wildman–Crippen LogP) is 3.44. The lowest BCUT2D eigenvalue weighted by atomic mass is 9.79. The van der Waals surface area contributed by atoms with E-state index in [1.807, 2.05) is 0 Å². The van der Waals surface area contributed by atoms with Crippen LogP contribution in [0.3, 0.4) is 0 Å². The first-order valence-electron chi connectivity index (χ1n) is 9.40. The van der Waals surface area contributed by atoms with E-state index in [-0.39, 0.29) is 11.8 Å². The molecule has 0 aliphatic heterocycles. The van der Waals surface area contributed by atoms with Crippen LogP contribution in [0.15, 0.2) is 24.3 Å². The molecule has 0 bridgehead atoms. The maximum atomic E-state index is 12.4. The van der Waals surface area contributed by atoms with Gasteiger partial charge >= 0.3 is 5.97 Å². The van der Waals surface area contributed by atoms with E-state index < -0.39 is 18.4 Å². The molecule has 2 amide bonds. The number of carbonyl (C=O) groups excluding carboxylic acids is 2. The Balaban J connectivity index is 1.80. The summed E-state index contributed by atoms with van der Waals surface area (Å²) in [7, 11) is 0. The highest BCUT2D eigenvalue weighted by molar-refractivity contribution is 5.97. The van der Waals surface area contributed by atoms with Crippen molar-refractivity contribution >= 4 is 23.5 Å². The lowest BCUT2D eigenvalue weighted by Crippen LogP contribution is -2.29. The van der Waals surface area contributed by atoms with Crippen molar-refractivity contribution in [2.24, 2.45) is 11.8 Å². The second kappa shape index (κ2) is 9.94. The normalized spacial score (nSPS) is 19.6. The molecule has 2 rings (SSSR count). The first kappa shape index (κ1) is 19.9. The fourth-order valence-corrected chi connectivity index (χ4v) is 3.41. The quantitative estimate of drug-likeness (QED) is 0.662. The fraction of sp³-hybridized carbons (Fsp3) is 0.550. The molecule has 26 heavy (non-hydrogen) atoms. The van der Waals surface area contributed by atoms with Crippen LogP contribution in [0.25, 0.3) is 0 Å². The van der Waals surface area contributed by atoms with Crippen LogP contribution >= 0.6 is 0 Å². The Bertz CT molecular complexity index is 619. The molecule has 1 aromatic carbocycles. The second-order valence-corrected chi connectivity index (χ2v) is 7.00. The molecule has 6 nitrogen and oxygen atoms in total. The number of carboxylic acid groups (broad SMARTS) is 1. The number of benzene rings is 1. The van der Waals surface area contributed by atoms with E-state index in [4.69, 9.17) is 5.11 Å². The molecule has 0 radical (unpaired) electrons. The molecule has 0 spiro atoms. The molecule has 3 N–H and O–H groups in total. The number of unbranched alkanes of at least 4 members (excludes halogenated alkanes) is 1. The molecule has 1 fully saturated rings. The van der Waals surface area contributed by atoms with E-state index in [1.165, 1.54) is 19.3 Å². The van der Waals surface area contributed by atoms with Crippen molar-refractivity contribution in [1.82, 2.24) is 5.32 Å². The van der Waals surface area contributed by atoms with Gasteiger partial charge in [0, 0.05) is 17.2 Å². The van der Waals surface area contributed by atoms with Gasteiger partial charge in [-0.2, -0.15) is 0 Å². The maximum Gasteiger partial charge on any atom is 0.322 e. The summed E-state index contributed by atoms with van der Waals surface area (Å²) >= 11 is 0. The van der Waals surface area contributed by atoms with Crippen LogP contribution in [-0.2, 0) is 9.59 Å². The molecule has 1 aliphatic carbocycles. The number of hydrogen-bond acceptors (Lipinski definition) is 3. The first-order valence-corrected chi connectivity index (χ1v) is 9.40. The van der Waals surface area contributed by atoms with Gasteiger partial charge in [0.05, 0.1) is 0 Å². The molecular weight excluding hydrogens is 332 g/mol. The molecule has 1 saturated carbocycles. The summed E-state index contributed by atoms with van der Waals surface area (Å²) in [5.74, 6) is -0.668. The summed E-state index contributed by atoms with van der Waals surface area (Å²) < 4.78 is 0. The first-order chi connectivity index (χ1) is 12.5. The highest BCUT2D eigenvalue weighted by Crippen LogP contribution is 2.32. The molecular formula is C20H28N2O4. The standard InChI is InChI=1S/C20H28N2O4/c1-2-3-4-14-5-7-16(8-6-14)20(26)22-17-11-9-15(10-12-17)19(25)21-13-18(23)24/h9-12,14,16H,2-8,13H2,1H3,(H,21,25)(H,22,26)(H,23,24). The van der Waals surface area contributed by atoms with Crippen LogP contribution in [-0.4, -0.2) is 29.4 Å². The van der Waals surface area contributed by atoms with E-state index in [2.05, 4.69) is 17.6 Å². The molecule has 1 aromatic rings. The smallest absolute Gasteiger partial charge is 0.322 e. The molecule has 6 heteroatoms. The zero-order chi connectivity index (χ0) is 18.9. The largest absolute Gasteiger partial charge is 0.480 e. The minimum Gasteiger partial charge on any atom is -0.480 e. The molecule has 0 aromatic heterocycles. The van der Waals surface area contributed by atoms with Crippen molar-refractivity contribution < 1.29 is 19.5 Å². The van der Waals surface area contributed by atoms with E-state index in [0.717, 1.165) is 31.6 Å². The molecule has 0 saturated heterocycles. The molecule has 142 valence electrons. The summed E-state index contributed by atoms with van der Waals surface area (Å²) in [5, 5.41) is 13.8. The van der Waals surface area contributed by atoms with E-state index in [1.54, 1.807) is 24.3 Å². The Morgan fingerprint density at radius 1 is 1.08 bits per heavy atom. The van der Waals surface area contributed by atoms with E-state index >= 15 is 0 Å². The van der Waals surface area contributed by atoms with Crippen LogP contribution in [0, 0.1) is 11.8 Å². The van der Waals surface area contributed by atoms with Crippen LogP contribution in [0.5, 0.6) is 0 Å². The molecule has 0 atom stereocenters. The second-order valence-electron chi connectivity index (χ2n) is 7.00. The number of hydrogen-bond donors (Lipinski definition) is 3. The summed E-state index contributed by atoms with van der Waals surface area (Å²) in [6, 6.07) is 6.49. The Labute approximate surface area is 154 Å². The number of carboxylic acids is 1. The SMILES string of the molecule is CCCCC1CCC(C(=O)Nc2ccc(C(=O)NCC(=O)O)cc2)CC1. The number of nitrogens with one attached hydrogen (secondary N) is 2. The number of amides is 2. The average Bonchev–Trinajstić information content (AvgIpc) is 2.65. The van der Waals surface area contributed by atoms with Crippen molar-refractivity contribution in [3.63, 3.8) is 0 Å². The van der Waals surface area contributed by atoms with Crippen molar-refractivity contribution in [3.8, 4) is 0 Å². The minimum absolute atomic E-state index is 0.0435. The molecule has 0 unspecified atom stereocenters. The summed E-state index contributed by atoms with van der Waals surface area (Å²) in [6.07, 6.45) is 7.90. The number of carbonyl (C=O) groups is 3. The third-order valence-corrected chi connectivity index (χ3v) is 5.00. The van der Waals surface area contributed by atoms with Crippen LogP contribution in [0.2, 0.25) is 0 Å². The van der Waals surface area contributed by atoms with Crippen molar-refractivity contribution in [1.29, 1.82) is 0 Å². The van der Waals surface area contributed by atoms with Gasteiger partial charge in [-0.05, 0) is 55.9 Å². The third-order valence-electron chi connectivity index (χ3n) is 5.00. The molecule has 1 aliphatic rings. The van der Waals surface area contributed by atoms with Crippen LogP contribution in [0.1, 0.15) is 62.2 Å². The van der Waals surface area contributed by atoms with E-state index in [9.17, 15) is 14.4 Å². The van der Waals surface area contributed by atoms with Gasteiger partial charge in [-0.3, -0.25) is 14.4 Å². The number of rotatable bonds is 8. The monoisotopic (exact) mass is 360 g/mol. The van der Waals surface area contributed by atoms with E-state index in [0.29, 0.717) is 11.3 Å². The van der Waals surface area contributed by atoms with Gasteiger partial charge in [0.1, 0.15) is 6.54 Å². The third kappa shape index (κ3) is 6.17. The Hall–Kier alpha value is -2.37. The van der Waals surface area contributed by atoms with Crippen molar-refractivity contribution in [3.05, 3.63) is 29.8 Å². The van der Waals surface area contributed by atoms with Gasteiger partial charge in [-0.15, -0.1) is 0 Å². The van der Waals surface area contributed by atoms with Gasteiger partial charge in [0.25, 0.3) is 5.91 Å². The fourth-order valence-electron chi connectivity index (χ4n) is 3.41. The number of anilines is 1. The summed E-state index contributed by atoms with van der Waals surface area (Å²) in [4.78, 5) is 34.7. The van der Waals surface area contributed by atoms with Gasteiger partial charge in [-0.25, -0.2) is 0 Å². The van der Waals surface area contributed by atoms with Crippen molar-refractivity contribution in [2.45, 2.75) is 51.9 Å². The summed E-state index contributed by atoms with van der Waals surface area (Å²) in [6.45, 7) is 1.79. The highest BCUT2D eigenvalue weighted by Gasteiger charge is 2.26. The van der Waals surface area contributed by atoms with Crippen LogP contribution in [0.4, 0.5) is 5.69 Å². The lowest BCUT2D eigenvalue weighted by Gasteiger charge is -2.27. The highest BCUT2D eigenvalue weighted by atomic mass is 16.4. The lowest BCUT2D eigenvalue weighted by molar-refractivity contribution is -0.135. The van der Waals surface area contributed by atoms with Gasteiger partial charge < -0.3 is 15.7 Å². The Kier molecular flexibility index (Phi) is 7.63. The molecule has 0 heterocycles. The average molecular weight is 360 g/mol. The summed E-state index contributed by atoms with van der Waals surface area (Å²) in [5.41, 5.74) is 1.01. The Morgan fingerprint density at radius 3 is 2.31 bits per heavy atom. The van der Waals surface area contributed by atoms with Gasteiger partial charge in [0.2, 0.25) is 5.91 Å². The van der Waals surface area contributed by atoms with Crippen LogP contribution < -0.4 is 10.6 Å². The zero-order valence-electron chi connectivity index (χ0n) is 15.3. The number of aliphatic carboxylic acids is 1. The topological polar surface area (TPSA) is 95.5 Å². The van der Waals surface area contributed by atoms with Gasteiger partial charge in [-0.1, -0.05) is 26.2 Å². The predicted molar refractivity (Wildman–Crippen MR) is 100 cm³/mol.